The van der Waals surface area contributed by atoms with Crippen LogP contribution in [0.15, 0.2) is 54.6 Å². The summed E-state index contributed by atoms with van der Waals surface area (Å²) in [7, 11) is 0. The fourth-order valence-electron chi connectivity index (χ4n) is 3.22. The first kappa shape index (κ1) is 13.0. The van der Waals surface area contributed by atoms with E-state index in [2.05, 4.69) is 24.3 Å². The van der Waals surface area contributed by atoms with Crippen molar-refractivity contribution < 1.29 is 4.92 Å². The van der Waals surface area contributed by atoms with E-state index in [0.717, 1.165) is 10.3 Å². The Labute approximate surface area is 138 Å². The van der Waals surface area contributed by atoms with Crippen LogP contribution in [0.4, 0.5) is 5.69 Å². The zero-order chi connectivity index (χ0) is 15.6. The van der Waals surface area contributed by atoms with Gasteiger partial charge in [-0.1, -0.05) is 24.3 Å². The van der Waals surface area contributed by atoms with Crippen LogP contribution in [0, 0.1) is 10.1 Å². The molecule has 3 aromatic carbocycles. The third kappa shape index (κ3) is 1.69. The lowest BCUT2D eigenvalue weighted by Crippen LogP contribution is -1.91. The fourth-order valence-corrected chi connectivity index (χ4v) is 5.77. The molecule has 0 aliphatic carbocycles. The highest BCUT2D eigenvalue weighted by Crippen LogP contribution is 2.49. The lowest BCUT2D eigenvalue weighted by atomic mass is 10.0. The van der Waals surface area contributed by atoms with Crippen LogP contribution in [0.3, 0.4) is 0 Å². The van der Waals surface area contributed by atoms with Crippen LogP contribution in [-0.2, 0) is 0 Å². The monoisotopic (exact) mass is 335 g/mol. The minimum Gasteiger partial charge on any atom is -0.258 e. The number of hydrogen-bond acceptors (Lipinski definition) is 4. The molecule has 23 heavy (non-hydrogen) atoms. The van der Waals surface area contributed by atoms with Gasteiger partial charge in [-0.2, -0.15) is 0 Å². The molecule has 0 saturated carbocycles. The van der Waals surface area contributed by atoms with Crippen molar-refractivity contribution >= 4 is 57.9 Å². The van der Waals surface area contributed by atoms with Gasteiger partial charge in [0, 0.05) is 41.2 Å². The zero-order valence-corrected chi connectivity index (χ0v) is 13.4. The van der Waals surface area contributed by atoms with E-state index in [1.165, 1.54) is 24.9 Å². The summed E-state index contributed by atoms with van der Waals surface area (Å²) in [5, 5.41) is 13.9. The van der Waals surface area contributed by atoms with Crippen molar-refractivity contribution in [1.29, 1.82) is 0 Å². The summed E-state index contributed by atoms with van der Waals surface area (Å²) in [6, 6.07) is 17.4. The Morgan fingerprint density at radius 1 is 0.739 bits per heavy atom. The smallest absolute Gasteiger partial charge is 0.258 e. The summed E-state index contributed by atoms with van der Waals surface area (Å²) in [4.78, 5) is 11.1. The molecule has 5 rings (SSSR count). The third-order valence-electron chi connectivity index (χ3n) is 4.18. The number of nitrogens with zero attached hydrogens (tertiary/aromatic N) is 1. The van der Waals surface area contributed by atoms with Crippen molar-refractivity contribution in [2.24, 2.45) is 0 Å². The van der Waals surface area contributed by atoms with Gasteiger partial charge in [0.2, 0.25) is 0 Å². The largest absolute Gasteiger partial charge is 0.277 e. The molecule has 0 aliphatic heterocycles. The molecule has 0 atom stereocenters. The number of nitro benzene ring substituents is 1. The highest BCUT2D eigenvalue weighted by Gasteiger charge is 2.21. The Hall–Kier alpha value is -2.50. The Kier molecular flexibility index (Phi) is 2.54. The molecular formula is C18H9NO2S2. The van der Waals surface area contributed by atoms with Gasteiger partial charge in [0.15, 0.2) is 0 Å². The van der Waals surface area contributed by atoms with Crippen molar-refractivity contribution in [3.8, 4) is 11.1 Å². The molecule has 5 heteroatoms. The number of rotatable bonds is 2. The lowest BCUT2D eigenvalue weighted by Gasteiger charge is -2.04. The number of benzene rings is 3. The third-order valence-corrected chi connectivity index (χ3v) is 6.49. The summed E-state index contributed by atoms with van der Waals surface area (Å²) < 4.78 is 4.91. The normalized spacial score (nSPS) is 11.8. The Bertz CT molecular complexity index is 1200. The molecule has 0 aliphatic rings. The van der Waals surface area contributed by atoms with Gasteiger partial charge in [0.25, 0.3) is 5.69 Å². The second kappa shape index (κ2) is 4.50. The van der Waals surface area contributed by atoms with Crippen LogP contribution < -0.4 is 0 Å². The van der Waals surface area contributed by atoms with Gasteiger partial charge in [-0.3, -0.25) is 10.1 Å². The topological polar surface area (TPSA) is 43.1 Å². The number of para-hydroxylation sites is 1. The molecule has 0 unspecified atom stereocenters. The van der Waals surface area contributed by atoms with Crippen LogP contribution in [0.2, 0.25) is 0 Å². The van der Waals surface area contributed by atoms with Gasteiger partial charge in [0.1, 0.15) is 0 Å². The number of hydrogen-bond donors (Lipinski definition) is 0. The lowest BCUT2D eigenvalue weighted by molar-refractivity contribution is -0.384. The summed E-state index contributed by atoms with van der Waals surface area (Å²) in [5.74, 6) is 0. The van der Waals surface area contributed by atoms with Crippen LogP contribution >= 0.6 is 22.7 Å². The van der Waals surface area contributed by atoms with Gasteiger partial charge in [-0.25, -0.2) is 0 Å². The fraction of sp³-hybridized carbons (Fsp3) is 0. The Morgan fingerprint density at radius 2 is 1.48 bits per heavy atom. The van der Waals surface area contributed by atoms with Crippen molar-refractivity contribution in [3.63, 3.8) is 0 Å². The van der Waals surface area contributed by atoms with E-state index < -0.39 is 0 Å². The van der Waals surface area contributed by atoms with E-state index in [0.29, 0.717) is 5.56 Å². The van der Waals surface area contributed by atoms with Crippen molar-refractivity contribution in [2.75, 3.05) is 0 Å². The maximum absolute atomic E-state index is 11.4. The maximum Gasteiger partial charge on any atom is 0.277 e. The molecule has 110 valence electrons. The first-order valence-corrected chi connectivity index (χ1v) is 8.77. The predicted molar refractivity (Wildman–Crippen MR) is 98.0 cm³/mol. The number of thiophene rings is 2. The van der Waals surface area contributed by atoms with E-state index in [-0.39, 0.29) is 10.6 Å². The van der Waals surface area contributed by atoms with Crippen LogP contribution in [0.5, 0.6) is 0 Å². The van der Waals surface area contributed by atoms with Gasteiger partial charge >= 0.3 is 0 Å². The molecule has 0 bridgehead atoms. The van der Waals surface area contributed by atoms with Crippen LogP contribution in [-0.4, -0.2) is 4.92 Å². The molecular weight excluding hydrogens is 326 g/mol. The average molecular weight is 335 g/mol. The molecule has 0 N–H and O–H groups in total. The molecule has 0 saturated heterocycles. The number of nitro groups is 1. The maximum atomic E-state index is 11.4. The quantitative estimate of drug-likeness (QED) is 0.281. The van der Waals surface area contributed by atoms with E-state index in [4.69, 9.17) is 0 Å². The second-order valence-electron chi connectivity index (χ2n) is 5.42. The van der Waals surface area contributed by atoms with E-state index in [1.807, 2.05) is 18.2 Å². The summed E-state index contributed by atoms with van der Waals surface area (Å²) in [5.41, 5.74) is 1.80. The van der Waals surface area contributed by atoms with E-state index in [9.17, 15) is 10.1 Å². The molecule has 0 radical (unpaired) electrons. The highest BCUT2D eigenvalue weighted by molar-refractivity contribution is 7.32. The average Bonchev–Trinajstić information content (AvgIpc) is 3.14. The highest BCUT2D eigenvalue weighted by atomic mass is 32.1. The molecule has 0 fully saturated rings. The minimum absolute atomic E-state index is 0.158. The van der Waals surface area contributed by atoms with Gasteiger partial charge in [-0.15, -0.1) is 22.7 Å². The van der Waals surface area contributed by atoms with Gasteiger partial charge in [0.05, 0.1) is 10.5 Å². The molecule has 3 nitrogen and oxygen atoms in total. The molecule has 0 spiro atoms. The second-order valence-corrected chi connectivity index (χ2v) is 7.56. The van der Waals surface area contributed by atoms with Crippen LogP contribution in [0.25, 0.3) is 40.7 Å². The summed E-state index contributed by atoms with van der Waals surface area (Å²) in [6.07, 6.45) is 0. The minimum atomic E-state index is -0.303. The van der Waals surface area contributed by atoms with Crippen molar-refractivity contribution in [1.82, 2.24) is 0 Å². The molecule has 2 heterocycles. The van der Waals surface area contributed by atoms with Gasteiger partial charge in [-0.05, 0) is 24.3 Å². The summed E-state index contributed by atoms with van der Waals surface area (Å²) >= 11 is 3.51. The summed E-state index contributed by atoms with van der Waals surface area (Å²) in [6.45, 7) is 0. The molecule has 0 amide bonds. The predicted octanol–water partition coefficient (Wildman–Crippen LogP) is 6.28. The van der Waals surface area contributed by atoms with Crippen LogP contribution in [0.1, 0.15) is 0 Å². The molecule has 5 aromatic rings. The molecule has 2 aromatic heterocycles. The van der Waals surface area contributed by atoms with Crippen molar-refractivity contribution in [3.05, 3.63) is 64.7 Å². The van der Waals surface area contributed by atoms with E-state index in [1.54, 1.807) is 34.8 Å². The zero-order valence-electron chi connectivity index (χ0n) is 11.8. The van der Waals surface area contributed by atoms with E-state index >= 15 is 0 Å². The standard InChI is InChI=1S/C18H9NO2S2/c20-19(21)12-5-2-1-4-10(12)11-8-9-15-17-16-13(22-15)6-3-7-14(16)23-18(11)17/h1-9H. The Morgan fingerprint density at radius 3 is 2.30 bits per heavy atom. The SMILES string of the molecule is O=[N+]([O-])c1ccccc1-c1ccc2sc3cccc4sc1c2c34. The first-order chi connectivity index (χ1) is 11.2. The van der Waals surface area contributed by atoms with Gasteiger partial charge < -0.3 is 0 Å². The van der Waals surface area contributed by atoms with Crippen molar-refractivity contribution in [2.45, 2.75) is 0 Å². The Balaban J connectivity index is 1.95. The first-order valence-electron chi connectivity index (χ1n) is 7.14.